The number of hydrogen-bond acceptors (Lipinski definition) is 8. The fraction of sp³-hybridized carbons (Fsp3) is 0.600. The molecule has 1 saturated heterocycles. The SMILES string of the molecule is C[C@H]1CN(CCCNc2ccc([N+](=O)[O-])c3nonc23)C[C@H](C)O1. The van der Waals surface area contributed by atoms with Gasteiger partial charge in [0.05, 0.1) is 22.8 Å². The minimum atomic E-state index is -0.489. The Morgan fingerprint density at radius 1 is 1.29 bits per heavy atom. The van der Waals surface area contributed by atoms with Crippen LogP contribution < -0.4 is 5.32 Å². The van der Waals surface area contributed by atoms with Crippen molar-refractivity contribution in [3.05, 3.63) is 22.2 Å². The molecule has 1 aromatic carbocycles. The summed E-state index contributed by atoms with van der Waals surface area (Å²) in [6.45, 7) is 7.77. The van der Waals surface area contributed by atoms with Gasteiger partial charge in [-0.25, -0.2) is 4.63 Å². The molecule has 9 heteroatoms. The average molecular weight is 335 g/mol. The summed E-state index contributed by atoms with van der Waals surface area (Å²) >= 11 is 0. The maximum absolute atomic E-state index is 11.0. The summed E-state index contributed by atoms with van der Waals surface area (Å²) in [6.07, 6.45) is 1.47. The second-order valence-electron chi connectivity index (χ2n) is 6.15. The molecule has 0 spiro atoms. The van der Waals surface area contributed by atoms with Crippen LogP contribution in [0.15, 0.2) is 16.8 Å². The van der Waals surface area contributed by atoms with Gasteiger partial charge in [-0.1, -0.05) is 0 Å². The molecule has 1 aliphatic rings. The van der Waals surface area contributed by atoms with E-state index in [4.69, 9.17) is 4.74 Å². The molecule has 0 amide bonds. The number of ether oxygens (including phenoxy) is 1. The maximum atomic E-state index is 11.0. The van der Waals surface area contributed by atoms with Crippen LogP contribution in [0.2, 0.25) is 0 Å². The monoisotopic (exact) mass is 335 g/mol. The minimum absolute atomic E-state index is 0.104. The summed E-state index contributed by atoms with van der Waals surface area (Å²) in [6, 6.07) is 3.06. The molecule has 2 heterocycles. The Labute approximate surface area is 139 Å². The van der Waals surface area contributed by atoms with Gasteiger partial charge in [0.2, 0.25) is 5.52 Å². The summed E-state index contributed by atoms with van der Waals surface area (Å²) in [5.41, 5.74) is 1.15. The molecule has 130 valence electrons. The second-order valence-corrected chi connectivity index (χ2v) is 6.15. The molecular weight excluding hydrogens is 314 g/mol. The number of non-ortho nitro benzene ring substituents is 1. The maximum Gasteiger partial charge on any atom is 0.300 e. The van der Waals surface area contributed by atoms with E-state index in [1.807, 2.05) is 0 Å². The number of nitro groups is 1. The van der Waals surface area contributed by atoms with E-state index >= 15 is 0 Å². The molecule has 3 rings (SSSR count). The van der Waals surface area contributed by atoms with Crippen molar-refractivity contribution in [1.29, 1.82) is 0 Å². The van der Waals surface area contributed by atoms with Gasteiger partial charge < -0.3 is 10.1 Å². The van der Waals surface area contributed by atoms with Crippen LogP contribution in [0.25, 0.3) is 11.0 Å². The Morgan fingerprint density at radius 2 is 2.00 bits per heavy atom. The van der Waals surface area contributed by atoms with Gasteiger partial charge in [0.1, 0.15) is 0 Å². The Kier molecular flexibility index (Phi) is 4.91. The van der Waals surface area contributed by atoms with Crippen LogP contribution in [0.3, 0.4) is 0 Å². The van der Waals surface area contributed by atoms with E-state index in [1.165, 1.54) is 6.07 Å². The zero-order valence-electron chi connectivity index (χ0n) is 13.8. The van der Waals surface area contributed by atoms with Gasteiger partial charge in [-0.15, -0.1) is 0 Å². The smallest absolute Gasteiger partial charge is 0.300 e. The Hall–Kier alpha value is -2.26. The predicted molar refractivity (Wildman–Crippen MR) is 88.0 cm³/mol. The fourth-order valence-electron chi connectivity index (χ4n) is 3.14. The van der Waals surface area contributed by atoms with Gasteiger partial charge in [0, 0.05) is 32.2 Å². The zero-order valence-corrected chi connectivity index (χ0v) is 13.8. The van der Waals surface area contributed by atoms with Crippen LogP contribution in [0.5, 0.6) is 0 Å². The first kappa shape index (κ1) is 16.6. The summed E-state index contributed by atoms with van der Waals surface area (Å²) in [5.74, 6) is 0. The first-order valence-electron chi connectivity index (χ1n) is 8.06. The Bertz CT molecular complexity index is 709. The molecule has 0 saturated carbocycles. The van der Waals surface area contributed by atoms with Crippen LogP contribution in [0.4, 0.5) is 11.4 Å². The molecule has 2 aromatic rings. The number of rotatable bonds is 6. The predicted octanol–water partition coefficient (Wildman–Crippen LogP) is 2.04. The minimum Gasteiger partial charge on any atom is -0.383 e. The molecular formula is C15H21N5O4. The van der Waals surface area contributed by atoms with Crippen LogP contribution >= 0.6 is 0 Å². The average Bonchev–Trinajstić information content (AvgIpc) is 3.00. The summed E-state index contributed by atoms with van der Waals surface area (Å²) < 4.78 is 10.4. The van der Waals surface area contributed by atoms with E-state index in [1.54, 1.807) is 6.07 Å². The van der Waals surface area contributed by atoms with Crippen LogP contribution in [0.1, 0.15) is 20.3 Å². The van der Waals surface area contributed by atoms with E-state index in [2.05, 4.69) is 39.0 Å². The highest BCUT2D eigenvalue weighted by Gasteiger charge is 2.22. The lowest BCUT2D eigenvalue weighted by Gasteiger charge is -2.35. The highest BCUT2D eigenvalue weighted by atomic mass is 16.6. The molecule has 24 heavy (non-hydrogen) atoms. The van der Waals surface area contributed by atoms with Gasteiger partial charge in [0.15, 0.2) is 5.52 Å². The number of hydrogen-bond donors (Lipinski definition) is 1. The number of nitrogens with one attached hydrogen (secondary N) is 1. The Balaban J connectivity index is 1.56. The van der Waals surface area contributed by atoms with Crippen molar-refractivity contribution >= 4 is 22.4 Å². The summed E-state index contributed by atoms with van der Waals surface area (Å²) in [5, 5.41) is 21.6. The number of benzene rings is 1. The normalized spacial score (nSPS) is 21.9. The van der Waals surface area contributed by atoms with E-state index < -0.39 is 4.92 Å². The van der Waals surface area contributed by atoms with Gasteiger partial charge in [-0.05, 0) is 36.6 Å². The summed E-state index contributed by atoms with van der Waals surface area (Å²) in [4.78, 5) is 12.9. The lowest BCUT2D eigenvalue weighted by molar-refractivity contribution is -0.383. The third-order valence-corrected chi connectivity index (χ3v) is 4.05. The third kappa shape index (κ3) is 3.62. The molecule has 1 fully saturated rings. The Morgan fingerprint density at radius 3 is 2.71 bits per heavy atom. The third-order valence-electron chi connectivity index (χ3n) is 4.05. The van der Waals surface area contributed by atoms with E-state index in [-0.39, 0.29) is 23.4 Å². The molecule has 0 radical (unpaired) electrons. The standard InChI is InChI=1S/C15H21N5O4/c1-10-8-19(9-11(2)23-10)7-3-6-16-12-4-5-13(20(21)22)15-14(12)17-24-18-15/h4-5,10-11,16H,3,6-9H2,1-2H3/t10-,11-/m0/s1. The number of nitrogens with zero attached hydrogens (tertiary/aromatic N) is 4. The topological polar surface area (TPSA) is 107 Å². The first-order valence-corrected chi connectivity index (χ1v) is 8.06. The molecule has 0 bridgehead atoms. The van der Waals surface area contributed by atoms with Gasteiger partial charge in [-0.2, -0.15) is 0 Å². The largest absolute Gasteiger partial charge is 0.383 e. The van der Waals surface area contributed by atoms with Crippen molar-refractivity contribution in [3.8, 4) is 0 Å². The van der Waals surface area contributed by atoms with Crippen molar-refractivity contribution in [2.24, 2.45) is 0 Å². The van der Waals surface area contributed by atoms with Crippen molar-refractivity contribution in [3.63, 3.8) is 0 Å². The number of nitro benzene ring substituents is 1. The number of fused-ring (bicyclic) bond motifs is 1. The van der Waals surface area contributed by atoms with E-state index in [0.29, 0.717) is 11.2 Å². The lowest BCUT2D eigenvalue weighted by Crippen LogP contribution is -2.45. The van der Waals surface area contributed by atoms with Crippen molar-refractivity contribution < 1.29 is 14.3 Å². The highest BCUT2D eigenvalue weighted by molar-refractivity contribution is 5.93. The molecule has 1 aromatic heterocycles. The molecule has 9 nitrogen and oxygen atoms in total. The first-order chi connectivity index (χ1) is 11.5. The number of morpholine rings is 1. The lowest BCUT2D eigenvalue weighted by atomic mass is 10.2. The van der Waals surface area contributed by atoms with Crippen molar-refractivity contribution in [2.75, 3.05) is 31.5 Å². The van der Waals surface area contributed by atoms with Crippen LogP contribution in [0, 0.1) is 10.1 Å². The number of anilines is 1. The van der Waals surface area contributed by atoms with Gasteiger partial charge in [-0.3, -0.25) is 15.0 Å². The number of aromatic nitrogens is 2. The summed E-state index contributed by atoms with van der Waals surface area (Å²) in [7, 11) is 0. The molecule has 1 aliphatic heterocycles. The molecule has 1 N–H and O–H groups in total. The van der Waals surface area contributed by atoms with E-state index in [9.17, 15) is 10.1 Å². The van der Waals surface area contributed by atoms with E-state index in [0.717, 1.165) is 32.6 Å². The fourth-order valence-corrected chi connectivity index (χ4v) is 3.14. The van der Waals surface area contributed by atoms with Crippen molar-refractivity contribution in [1.82, 2.24) is 15.2 Å². The highest BCUT2D eigenvalue weighted by Crippen LogP contribution is 2.28. The van der Waals surface area contributed by atoms with Gasteiger partial charge >= 0.3 is 5.69 Å². The van der Waals surface area contributed by atoms with Crippen LogP contribution in [-0.4, -0.2) is 58.5 Å². The van der Waals surface area contributed by atoms with Crippen molar-refractivity contribution in [2.45, 2.75) is 32.5 Å². The zero-order chi connectivity index (χ0) is 17.1. The van der Waals surface area contributed by atoms with Gasteiger partial charge in [0.25, 0.3) is 0 Å². The molecule has 0 unspecified atom stereocenters. The molecule has 0 aliphatic carbocycles. The molecule has 2 atom stereocenters. The second kappa shape index (κ2) is 7.10. The van der Waals surface area contributed by atoms with Crippen LogP contribution in [-0.2, 0) is 4.74 Å². The quantitative estimate of drug-likeness (QED) is 0.485.